The standard InChI is InChI=1S/C32H23ClF3N3O4S/c33-26-11-5-6-12-27(26)38-28(18-30(37)32(34,35)36)21-14-16-22(17-15-21)31(40)43-20-23-19-39(29-13-7-4-10-25(23)29)44(41,42)24-8-2-1-3-9-24/h1-19H,20,37H2/b30-18-,38-28?. The maximum Gasteiger partial charge on any atom is 0.430 e. The predicted octanol–water partition coefficient (Wildman–Crippen LogP) is 7.41. The number of hydrogen-bond acceptors (Lipinski definition) is 6. The van der Waals surface area contributed by atoms with E-state index >= 15 is 0 Å². The highest BCUT2D eigenvalue weighted by atomic mass is 35.5. The van der Waals surface area contributed by atoms with Crippen LogP contribution in [0.25, 0.3) is 10.9 Å². The molecule has 4 aromatic carbocycles. The van der Waals surface area contributed by atoms with Crippen LogP contribution in [0.2, 0.25) is 5.02 Å². The third kappa shape index (κ3) is 6.53. The fourth-order valence-corrected chi connectivity index (χ4v) is 5.91. The fraction of sp³-hybridized carbons (Fsp3) is 0.0625. The number of aliphatic imine (C=N–C) groups is 1. The number of benzene rings is 4. The summed E-state index contributed by atoms with van der Waals surface area (Å²) in [5, 5.41) is 0.812. The topological polar surface area (TPSA) is 104 Å². The number of esters is 1. The lowest BCUT2D eigenvalue weighted by molar-refractivity contribution is -0.0925. The molecule has 1 aromatic heterocycles. The molecule has 0 radical (unpaired) electrons. The average molecular weight is 638 g/mol. The normalized spacial score (nSPS) is 12.8. The molecular formula is C32H23ClF3N3O4S. The zero-order valence-electron chi connectivity index (χ0n) is 22.7. The first-order valence-corrected chi connectivity index (χ1v) is 14.8. The van der Waals surface area contributed by atoms with Crippen LogP contribution in [0.15, 0.2) is 131 Å². The lowest BCUT2D eigenvalue weighted by Gasteiger charge is -2.10. The maximum atomic E-state index is 13.3. The number of rotatable bonds is 8. The first kappa shape index (κ1) is 30.6. The van der Waals surface area contributed by atoms with E-state index in [4.69, 9.17) is 22.1 Å². The van der Waals surface area contributed by atoms with E-state index < -0.39 is 27.9 Å². The van der Waals surface area contributed by atoms with Gasteiger partial charge < -0.3 is 10.5 Å². The van der Waals surface area contributed by atoms with E-state index in [2.05, 4.69) is 4.99 Å². The molecule has 2 N–H and O–H groups in total. The molecule has 0 aliphatic rings. The Balaban J connectivity index is 1.40. The predicted molar refractivity (Wildman–Crippen MR) is 162 cm³/mol. The Bertz CT molecular complexity index is 2000. The summed E-state index contributed by atoms with van der Waals surface area (Å²) < 4.78 is 73.0. The van der Waals surface area contributed by atoms with Gasteiger partial charge in [0.2, 0.25) is 0 Å². The summed E-state index contributed by atoms with van der Waals surface area (Å²) >= 11 is 6.15. The van der Waals surface area contributed by atoms with E-state index in [9.17, 15) is 26.4 Å². The molecule has 0 spiro atoms. The van der Waals surface area contributed by atoms with Crippen molar-refractivity contribution in [3.8, 4) is 0 Å². The molecule has 5 aromatic rings. The molecule has 7 nitrogen and oxygen atoms in total. The zero-order valence-corrected chi connectivity index (χ0v) is 24.3. The molecule has 0 amide bonds. The van der Waals surface area contributed by atoms with Gasteiger partial charge in [0.15, 0.2) is 0 Å². The smallest absolute Gasteiger partial charge is 0.430 e. The molecule has 0 aliphatic carbocycles. The van der Waals surface area contributed by atoms with E-state index in [1.165, 1.54) is 48.7 Å². The molecule has 0 unspecified atom stereocenters. The van der Waals surface area contributed by atoms with Gasteiger partial charge in [-0.15, -0.1) is 0 Å². The third-order valence-corrected chi connectivity index (χ3v) is 8.56. The Morgan fingerprint density at radius 1 is 0.886 bits per heavy atom. The number of nitrogens with two attached hydrogens (primary N) is 1. The first-order valence-electron chi connectivity index (χ1n) is 13.0. The van der Waals surface area contributed by atoms with E-state index in [0.717, 1.165) is 3.97 Å². The molecule has 1 heterocycles. The quantitative estimate of drug-likeness (QED) is 0.141. The van der Waals surface area contributed by atoms with Gasteiger partial charge in [-0.25, -0.2) is 22.2 Å². The highest BCUT2D eigenvalue weighted by Crippen LogP contribution is 2.28. The Hall–Kier alpha value is -4.87. The number of aromatic nitrogens is 1. The van der Waals surface area contributed by atoms with Crippen molar-refractivity contribution < 1.29 is 31.1 Å². The summed E-state index contributed by atoms with van der Waals surface area (Å²) in [4.78, 5) is 17.3. The summed E-state index contributed by atoms with van der Waals surface area (Å²) in [6.07, 6.45) is -2.68. The first-order chi connectivity index (χ1) is 20.9. The lowest BCUT2D eigenvalue weighted by Crippen LogP contribution is -2.21. The highest BCUT2D eigenvalue weighted by Gasteiger charge is 2.32. The van der Waals surface area contributed by atoms with Gasteiger partial charge in [0, 0.05) is 22.7 Å². The van der Waals surface area contributed by atoms with Gasteiger partial charge in [-0.1, -0.05) is 72.3 Å². The molecule has 44 heavy (non-hydrogen) atoms. The molecule has 0 saturated heterocycles. The number of nitrogens with zero attached hydrogens (tertiary/aromatic N) is 2. The number of hydrogen-bond donors (Lipinski definition) is 1. The Labute approximate surface area is 255 Å². The van der Waals surface area contributed by atoms with Gasteiger partial charge in [-0.2, -0.15) is 13.2 Å². The average Bonchev–Trinajstić information content (AvgIpc) is 3.40. The second-order valence-corrected chi connectivity index (χ2v) is 11.7. The highest BCUT2D eigenvalue weighted by molar-refractivity contribution is 7.90. The second kappa shape index (κ2) is 12.4. The molecule has 224 valence electrons. The summed E-state index contributed by atoms with van der Waals surface area (Å²) in [6.45, 7) is -0.234. The van der Waals surface area contributed by atoms with Crippen LogP contribution in [0.1, 0.15) is 21.5 Å². The molecule has 0 saturated carbocycles. The summed E-state index contributed by atoms with van der Waals surface area (Å²) in [5.74, 6) is -0.728. The van der Waals surface area contributed by atoms with Gasteiger partial charge in [-0.3, -0.25) is 0 Å². The van der Waals surface area contributed by atoms with Crippen molar-refractivity contribution in [3.05, 3.63) is 143 Å². The van der Waals surface area contributed by atoms with Crippen LogP contribution in [0.5, 0.6) is 0 Å². The summed E-state index contributed by atoms with van der Waals surface area (Å²) in [5.41, 5.74) is 5.24. The molecule has 5 rings (SSSR count). The van der Waals surface area contributed by atoms with Crippen molar-refractivity contribution >= 4 is 49.9 Å². The number of halogens is 4. The minimum absolute atomic E-state index is 0.105. The van der Waals surface area contributed by atoms with Crippen LogP contribution in [0.3, 0.4) is 0 Å². The minimum atomic E-state index is -4.78. The molecule has 0 fully saturated rings. The number of carbonyl (C=O) groups is 1. The van der Waals surface area contributed by atoms with Gasteiger partial charge in [0.1, 0.15) is 12.3 Å². The van der Waals surface area contributed by atoms with E-state index in [0.29, 0.717) is 22.5 Å². The fourth-order valence-electron chi connectivity index (χ4n) is 4.32. The molecule has 0 aliphatic heterocycles. The zero-order chi connectivity index (χ0) is 31.5. The number of carbonyl (C=O) groups excluding carboxylic acids is 1. The van der Waals surface area contributed by atoms with Gasteiger partial charge in [0.25, 0.3) is 10.0 Å². The van der Waals surface area contributed by atoms with Crippen LogP contribution in [0, 0.1) is 0 Å². The van der Waals surface area contributed by atoms with E-state index in [1.54, 1.807) is 60.7 Å². The number of alkyl halides is 3. The van der Waals surface area contributed by atoms with Crippen molar-refractivity contribution in [1.29, 1.82) is 0 Å². The third-order valence-electron chi connectivity index (χ3n) is 6.55. The van der Waals surface area contributed by atoms with Crippen molar-refractivity contribution in [1.82, 2.24) is 3.97 Å². The number of fused-ring (bicyclic) bond motifs is 1. The monoisotopic (exact) mass is 637 g/mol. The molecule has 12 heteroatoms. The summed E-state index contributed by atoms with van der Waals surface area (Å²) in [7, 11) is -3.92. The molecular weight excluding hydrogens is 615 g/mol. The van der Waals surface area contributed by atoms with Crippen molar-refractivity contribution in [2.75, 3.05) is 0 Å². The van der Waals surface area contributed by atoms with Crippen LogP contribution < -0.4 is 5.73 Å². The summed E-state index contributed by atoms with van der Waals surface area (Å²) in [6, 6.07) is 26.7. The molecule has 0 bridgehead atoms. The van der Waals surface area contributed by atoms with Gasteiger partial charge in [-0.05, 0) is 48.5 Å². The van der Waals surface area contributed by atoms with Crippen LogP contribution in [0.4, 0.5) is 18.9 Å². The van der Waals surface area contributed by atoms with Gasteiger partial charge in [0.05, 0.1) is 32.4 Å². The van der Waals surface area contributed by atoms with Crippen LogP contribution in [-0.4, -0.2) is 30.2 Å². The Morgan fingerprint density at radius 3 is 2.18 bits per heavy atom. The van der Waals surface area contributed by atoms with E-state index in [-0.39, 0.29) is 39.1 Å². The number of ether oxygens (including phenoxy) is 1. The Morgan fingerprint density at radius 2 is 1.50 bits per heavy atom. The van der Waals surface area contributed by atoms with Crippen LogP contribution >= 0.6 is 11.6 Å². The lowest BCUT2D eigenvalue weighted by atomic mass is 10.1. The van der Waals surface area contributed by atoms with Crippen molar-refractivity contribution in [2.24, 2.45) is 10.7 Å². The van der Waals surface area contributed by atoms with Crippen molar-refractivity contribution in [3.63, 3.8) is 0 Å². The molecule has 0 atom stereocenters. The number of allylic oxidation sites excluding steroid dienone is 2. The second-order valence-electron chi connectivity index (χ2n) is 9.48. The maximum absolute atomic E-state index is 13.3. The van der Waals surface area contributed by atoms with Gasteiger partial charge >= 0.3 is 12.1 Å². The largest absolute Gasteiger partial charge is 0.457 e. The van der Waals surface area contributed by atoms with E-state index in [1.807, 2.05) is 0 Å². The number of para-hydroxylation sites is 2. The minimum Gasteiger partial charge on any atom is -0.457 e. The SMILES string of the molecule is N/C(=C\C(=Nc1ccccc1Cl)c1ccc(C(=O)OCc2cn(S(=O)(=O)c3ccccc3)c3ccccc23)cc1)C(F)(F)F. The van der Waals surface area contributed by atoms with Crippen molar-refractivity contribution in [2.45, 2.75) is 17.7 Å². The van der Waals surface area contributed by atoms with Crippen LogP contribution in [-0.2, 0) is 21.4 Å². The Kier molecular flexibility index (Phi) is 8.61.